The summed E-state index contributed by atoms with van der Waals surface area (Å²) >= 11 is 5.84. The second-order valence-electron chi connectivity index (χ2n) is 4.17. The second kappa shape index (κ2) is 5.53. The number of phenolic OH excluding ortho intramolecular Hbond substituents is 1. The van der Waals surface area contributed by atoms with E-state index >= 15 is 0 Å². The van der Waals surface area contributed by atoms with Crippen LogP contribution in [0.3, 0.4) is 0 Å². The van der Waals surface area contributed by atoms with Crippen molar-refractivity contribution in [3.8, 4) is 5.75 Å². The highest BCUT2D eigenvalue weighted by Gasteiger charge is 2.09. The number of benzene rings is 1. The van der Waals surface area contributed by atoms with Gasteiger partial charge in [-0.2, -0.15) is 0 Å². The van der Waals surface area contributed by atoms with E-state index in [1.807, 2.05) is 6.07 Å². The molecule has 2 N–H and O–H groups in total. The molecule has 16 heavy (non-hydrogen) atoms. The van der Waals surface area contributed by atoms with Gasteiger partial charge in [0.15, 0.2) is 0 Å². The van der Waals surface area contributed by atoms with Gasteiger partial charge in [-0.15, -0.1) is 0 Å². The molecular weight excluding hydrogens is 224 g/mol. The Morgan fingerprint density at radius 3 is 2.69 bits per heavy atom. The molecule has 1 aromatic rings. The third-order valence-corrected chi connectivity index (χ3v) is 3.18. The van der Waals surface area contributed by atoms with Gasteiger partial charge in [-0.3, -0.25) is 5.43 Å². The van der Waals surface area contributed by atoms with Crippen LogP contribution < -0.4 is 5.43 Å². The maximum atomic E-state index is 9.30. The van der Waals surface area contributed by atoms with Gasteiger partial charge < -0.3 is 5.11 Å². The predicted octanol–water partition coefficient (Wildman–Crippen LogP) is 2.54. The van der Waals surface area contributed by atoms with Crippen LogP contribution in [-0.2, 0) is 6.54 Å². The lowest BCUT2D eigenvalue weighted by molar-refractivity contribution is 0.151. The van der Waals surface area contributed by atoms with Crippen molar-refractivity contribution in [1.82, 2.24) is 10.4 Å². The fraction of sp³-hybridized carbons (Fsp3) is 0.500. The van der Waals surface area contributed by atoms with Crippen LogP contribution in [-0.4, -0.2) is 23.2 Å². The van der Waals surface area contributed by atoms with Crippen LogP contribution in [0.15, 0.2) is 18.2 Å². The molecule has 0 aliphatic carbocycles. The quantitative estimate of drug-likeness (QED) is 0.853. The van der Waals surface area contributed by atoms with Crippen molar-refractivity contribution in [1.29, 1.82) is 0 Å². The topological polar surface area (TPSA) is 35.5 Å². The highest BCUT2D eigenvalue weighted by atomic mass is 35.5. The third kappa shape index (κ3) is 3.11. The number of piperidine rings is 1. The first-order valence-electron chi connectivity index (χ1n) is 5.71. The maximum Gasteiger partial charge on any atom is 0.134 e. The predicted molar refractivity (Wildman–Crippen MR) is 65.4 cm³/mol. The molecule has 1 aliphatic rings. The van der Waals surface area contributed by atoms with Gasteiger partial charge in [0, 0.05) is 19.6 Å². The average Bonchev–Trinajstić information content (AvgIpc) is 2.32. The summed E-state index contributed by atoms with van der Waals surface area (Å²) in [6, 6.07) is 5.32. The molecule has 1 heterocycles. The molecule has 0 aromatic heterocycles. The van der Waals surface area contributed by atoms with Gasteiger partial charge in [-0.1, -0.05) is 24.1 Å². The summed E-state index contributed by atoms with van der Waals surface area (Å²) in [5.74, 6) is 0.142. The molecule has 0 atom stereocenters. The normalized spacial score (nSPS) is 17.6. The number of nitrogens with zero attached hydrogens (tertiary/aromatic N) is 1. The highest BCUT2D eigenvalue weighted by molar-refractivity contribution is 6.32. The lowest BCUT2D eigenvalue weighted by Gasteiger charge is -2.27. The van der Waals surface area contributed by atoms with Crippen molar-refractivity contribution in [3.63, 3.8) is 0 Å². The van der Waals surface area contributed by atoms with Crippen molar-refractivity contribution in [2.45, 2.75) is 25.8 Å². The van der Waals surface area contributed by atoms with E-state index in [0.717, 1.165) is 25.2 Å². The minimum atomic E-state index is 0.142. The van der Waals surface area contributed by atoms with Gasteiger partial charge in [0.25, 0.3) is 0 Å². The molecule has 1 aliphatic heterocycles. The van der Waals surface area contributed by atoms with Gasteiger partial charge in [0.2, 0.25) is 0 Å². The minimum absolute atomic E-state index is 0.142. The van der Waals surface area contributed by atoms with Crippen LogP contribution in [0.2, 0.25) is 5.02 Å². The lowest BCUT2D eigenvalue weighted by atomic mass is 10.2. The van der Waals surface area contributed by atoms with Crippen LogP contribution in [0.25, 0.3) is 0 Å². The Hall–Kier alpha value is -0.770. The zero-order valence-electron chi connectivity index (χ0n) is 9.25. The molecule has 0 saturated carbocycles. The van der Waals surface area contributed by atoms with Crippen molar-refractivity contribution >= 4 is 11.6 Å². The van der Waals surface area contributed by atoms with E-state index in [9.17, 15) is 5.11 Å². The number of nitrogens with one attached hydrogen (secondary N) is 1. The number of phenols is 1. The Labute approximate surface area is 101 Å². The molecule has 3 nitrogen and oxygen atoms in total. The first-order valence-corrected chi connectivity index (χ1v) is 6.09. The summed E-state index contributed by atoms with van der Waals surface area (Å²) in [5.41, 5.74) is 4.47. The molecule has 0 unspecified atom stereocenters. The Morgan fingerprint density at radius 1 is 1.25 bits per heavy atom. The maximum absolute atomic E-state index is 9.30. The van der Waals surface area contributed by atoms with Crippen molar-refractivity contribution in [3.05, 3.63) is 28.8 Å². The van der Waals surface area contributed by atoms with E-state index in [-0.39, 0.29) is 5.75 Å². The van der Waals surface area contributed by atoms with Gasteiger partial charge in [-0.25, -0.2) is 5.01 Å². The number of rotatable bonds is 3. The highest BCUT2D eigenvalue weighted by Crippen LogP contribution is 2.23. The number of hydrogen-bond acceptors (Lipinski definition) is 3. The molecule has 2 rings (SSSR count). The SMILES string of the molecule is Oc1ccc(CNN2CCCCC2)cc1Cl. The van der Waals surface area contributed by atoms with Crippen LogP contribution >= 0.6 is 11.6 Å². The number of aromatic hydroxyl groups is 1. The summed E-state index contributed by atoms with van der Waals surface area (Å²) in [6.07, 6.45) is 3.87. The molecule has 1 aromatic carbocycles. The zero-order chi connectivity index (χ0) is 11.4. The minimum Gasteiger partial charge on any atom is -0.506 e. The van der Waals surface area contributed by atoms with Crippen LogP contribution in [0.1, 0.15) is 24.8 Å². The molecule has 0 radical (unpaired) electrons. The molecule has 0 bridgehead atoms. The van der Waals surface area contributed by atoms with E-state index in [1.165, 1.54) is 19.3 Å². The Bertz CT molecular complexity index is 351. The van der Waals surface area contributed by atoms with E-state index in [0.29, 0.717) is 5.02 Å². The molecule has 1 fully saturated rings. The fourth-order valence-corrected chi connectivity index (χ4v) is 2.12. The summed E-state index contributed by atoms with van der Waals surface area (Å²) in [5, 5.41) is 12.0. The van der Waals surface area contributed by atoms with E-state index < -0.39 is 0 Å². The Balaban J connectivity index is 1.86. The van der Waals surface area contributed by atoms with Crippen LogP contribution in [0.4, 0.5) is 0 Å². The monoisotopic (exact) mass is 240 g/mol. The first-order chi connectivity index (χ1) is 7.75. The lowest BCUT2D eigenvalue weighted by Crippen LogP contribution is -2.41. The van der Waals surface area contributed by atoms with Gasteiger partial charge >= 0.3 is 0 Å². The summed E-state index contributed by atoms with van der Waals surface area (Å²) in [4.78, 5) is 0. The molecule has 1 saturated heterocycles. The Morgan fingerprint density at radius 2 is 2.00 bits per heavy atom. The van der Waals surface area contributed by atoms with Crippen molar-refractivity contribution in [2.24, 2.45) is 0 Å². The molecule has 0 amide bonds. The molecule has 4 heteroatoms. The molecule has 0 spiro atoms. The summed E-state index contributed by atoms with van der Waals surface area (Å²) in [6.45, 7) is 3.00. The molecule has 88 valence electrons. The standard InChI is InChI=1S/C12H17ClN2O/c13-11-8-10(4-5-12(11)16)9-14-15-6-2-1-3-7-15/h4-5,8,14,16H,1-3,6-7,9H2. The van der Waals surface area contributed by atoms with Gasteiger partial charge in [0.05, 0.1) is 5.02 Å². The largest absolute Gasteiger partial charge is 0.506 e. The van der Waals surface area contributed by atoms with Crippen molar-refractivity contribution in [2.75, 3.05) is 13.1 Å². The number of hydrogen-bond donors (Lipinski definition) is 2. The molecular formula is C12H17ClN2O. The second-order valence-corrected chi connectivity index (χ2v) is 4.58. The third-order valence-electron chi connectivity index (χ3n) is 2.87. The van der Waals surface area contributed by atoms with Crippen LogP contribution in [0, 0.1) is 0 Å². The van der Waals surface area contributed by atoms with Crippen LogP contribution in [0.5, 0.6) is 5.75 Å². The van der Waals surface area contributed by atoms with Gasteiger partial charge in [-0.05, 0) is 30.5 Å². The average molecular weight is 241 g/mol. The van der Waals surface area contributed by atoms with E-state index in [1.54, 1.807) is 12.1 Å². The van der Waals surface area contributed by atoms with Crippen molar-refractivity contribution < 1.29 is 5.11 Å². The van der Waals surface area contributed by atoms with E-state index in [4.69, 9.17) is 11.6 Å². The zero-order valence-corrected chi connectivity index (χ0v) is 10.0. The summed E-state index contributed by atoms with van der Waals surface area (Å²) < 4.78 is 0. The number of halogens is 1. The smallest absolute Gasteiger partial charge is 0.134 e. The first kappa shape index (κ1) is 11.7. The van der Waals surface area contributed by atoms with E-state index in [2.05, 4.69) is 10.4 Å². The van der Waals surface area contributed by atoms with Gasteiger partial charge in [0.1, 0.15) is 5.75 Å². The fourth-order valence-electron chi connectivity index (χ4n) is 1.92. The Kier molecular flexibility index (Phi) is 4.04. The number of hydrazine groups is 1. The summed E-state index contributed by atoms with van der Waals surface area (Å²) in [7, 11) is 0.